The second kappa shape index (κ2) is 7.46. The van der Waals surface area contributed by atoms with E-state index in [9.17, 15) is 4.39 Å². The summed E-state index contributed by atoms with van der Waals surface area (Å²) in [5, 5.41) is 0. The summed E-state index contributed by atoms with van der Waals surface area (Å²) in [7, 11) is 5.92. The Morgan fingerprint density at radius 3 is 2.64 bits per heavy atom. The predicted molar refractivity (Wildman–Crippen MR) is 99.7 cm³/mol. The molecule has 0 spiro atoms. The number of fused-ring (bicyclic) bond motifs is 1. The molecule has 1 atom stereocenters. The van der Waals surface area contributed by atoms with Gasteiger partial charge in [0.25, 0.3) is 0 Å². The molecule has 1 heterocycles. The average Bonchev–Trinajstić information content (AvgIpc) is 2.95. The first-order chi connectivity index (χ1) is 12.0. The van der Waals surface area contributed by atoms with Gasteiger partial charge in [-0.1, -0.05) is 24.3 Å². The zero-order valence-electron chi connectivity index (χ0n) is 15.1. The number of hydrogen-bond donors (Lipinski definition) is 0. The minimum atomic E-state index is -0.499. The molecule has 132 valence electrons. The molecule has 0 aromatic heterocycles. The number of ether oxygens (including phenoxy) is 1. The first-order valence-corrected chi connectivity index (χ1v) is 8.65. The number of benzene rings is 2. The highest BCUT2D eigenvalue weighted by atomic mass is 19.1. The summed E-state index contributed by atoms with van der Waals surface area (Å²) in [5.74, 6) is -0.222. The van der Waals surface area contributed by atoms with Crippen LogP contribution >= 0.6 is 0 Å². The van der Waals surface area contributed by atoms with Crippen molar-refractivity contribution < 1.29 is 9.13 Å². The van der Waals surface area contributed by atoms with Gasteiger partial charge in [-0.2, -0.15) is 0 Å². The molecule has 4 heteroatoms. The lowest BCUT2D eigenvalue weighted by atomic mass is 9.81. The van der Waals surface area contributed by atoms with Gasteiger partial charge in [-0.05, 0) is 73.9 Å². The second-order valence-electron chi connectivity index (χ2n) is 6.83. The highest BCUT2D eigenvalue weighted by Crippen LogP contribution is 2.45. The molecule has 0 amide bonds. The Hall–Kier alpha value is -2.04. The van der Waals surface area contributed by atoms with Crippen LogP contribution in [-0.2, 0) is 16.9 Å². The van der Waals surface area contributed by atoms with E-state index in [4.69, 9.17) is 4.74 Å². The van der Waals surface area contributed by atoms with Crippen molar-refractivity contribution in [3.8, 4) is 0 Å². The van der Waals surface area contributed by atoms with Crippen molar-refractivity contribution in [1.29, 1.82) is 0 Å². The Morgan fingerprint density at radius 1 is 1.20 bits per heavy atom. The number of nitrogens with zero attached hydrogens (tertiary/aromatic N) is 2. The number of rotatable bonds is 6. The maximum atomic E-state index is 13.4. The van der Waals surface area contributed by atoms with Crippen LogP contribution in [-0.4, -0.2) is 38.8 Å². The molecule has 0 N–H and O–H groups in total. The zero-order valence-corrected chi connectivity index (χ0v) is 15.1. The van der Waals surface area contributed by atoms with Crippen LogP contribution in [0.5, 0.6) is 0 Å². The van der Waals surface area contributed by atoms with Crippen molar-refractivity contribution in [2.24, 2.45) is 4.99 Å². The topological polar surface area (TPSA) is 24.8 Å². The van der Waals surface area contributed by atoms with Crippen molar-refractivity contribution in [2.75, 3.05) is 27.7 Å². The molecule has 0 radical (unpaired) electrons. The van der Waals surface area contributed by atoms with E-state index in [1.54, 1.807) is 7.05 Å². The van der Waals surface area contributed by atoms with Crippen molar-refractivity contribution in [1.82, 2.24) is 4.90 Å². The Kier molecular flexibility index (Phi) is 5.30. The van der Waals surface area contributed by atoms with Gasteiger partial charge in [0.15, 0.2) is 0 Å². The van der Waals surface area contributed by atoms with E-state index in [0.29, 0.717) is 6.61 Å². The van der Waals surface area contributed by atoms with Crippen LogP contribution in [0.1, 0.15) is 35.1 Å². The fourth-order valence-corrected chi connectivity index (χ4v) is 3.59. The van der Waals surface area contributed by atoms with E-state index in [1.165, 1.54) is 23.3 Å². The Morgan fingerprint density at radius 2 is 1.96 bits per heavy atom. The number of hydrogen-bond acceptors (Lipinski definition) is 3. The SMILES string of the molecule is C/N=C/c1ccc2c(c1)COC2(CCCN(C)C)c1ccc(F)cc1. The monoisotopic (exact) mass is 340 g/mol. The molecule has 0 saturated carbocycles. The predicted octanol–water partition coefficient (Wildman–Crippen LogP) is 3.99. The smallest absolute Gasteiger partial charge is 0.123 e. The van der Waals surface area contributed by atoms with Gasteiger partial charge in [0.05, 0.1) is 6.61 Å². The fourth-order valence-electron chi connectivity index (χ4n) is 3.59. The highest BCUT2D eigenvalue weighted by Gasteiger charge is 2.41. The van der Waals surface area contributed by atoms with Gasteiger partial charge < -0.3 is 9.64 Å². The van der Waals surface area contributed by atoms with E-state index in [1.807, 2.05) is 18.3 Å². The second-order valence-corrected chi connectivity index (χ2v) is 6.83. The van der Waals surface area contributed by atoms with Gasteiger partial charge in [0, 0.05) is 13.3 Å². The molecule has 0 aliphatic carbocycles. The molecule has 1 aliphatic heterocycles. The molecule has 2 aromatic rings. The van der Waals surface area contributed by atoms with Crippen LogP contribution in [0.4, 0.5) is 4.39 Å². The van der Waals surface area contributed by atoms with Gasteiger partial charge in [-0.25, -0.2) is 4.39 Å². The van der Waals surface area contributed by atoms with E-state index in [-0.39, 0.29) is 5.82 Å². The summed E-state index contributed by atoms with van der Waals surface area (Å²) in [4.78, 5) is 6.27. The zero-order chi connectivity index (χ0) is 17.9. The molecule has 1 aliphatic rings. The van der Waals surface area contributed by atoms with Crippen LogP contribution in [0, 0.1) is 5.82 Å². The van der Waals surface area contributed by atoms with E-state index in [0.717, 1.165) is 30.5 Å². The first-order valence-electron chi connectivity index (χ1n) is 8.65. The Labute approximate surface area is 149 Å². The van der Waals surface area contributed by atoms with Crippen LogP contribution in [0.15, 0.2) is 47.5 Å². The molecule has 3 nitrogen and oxygen atoms in total. The summed E-state index contributed by atoms with van der Waals surface area (Å²) in [5.41, 5.74) is 3.97. The van der Waals surface area contributed by atoms with Gasteiger partial charge in [-0.15, -0.1) is 0 Å². The molecular weight excluding hydrogens is 315 g/mol. The summed E-state index contributed by atoms with van der Waals surface area (Å²) in [6.45, 7) is 1.56. The normalized spacial score (nSPS) is 19.7. The highest BCUT2D eigenvalue weighted by molar-refractivity contribution is 5.80. The van der Waals surface area contributed by atoms with E-state index in [2.05, 4.69) is 42.2 Å². The fraction of sp³-hybridized carbons (Fsp3) is 0.381. The van der Waals surface area contributed by atoms with Crippen LogP contribution in [0.2, 0.25) is 0 Å². The summed E-state index contributed by atoms with van der Waals surface area (Å²) in [6.07, 6.45) is 3.72. The number of halogens is 1. The largest absolute Gasteiger partial charge is 0.361 e. The Bertz CT molecular complexity index is 755. The molecule has 1 unspecified atom stereocenters. The van der Waals surface area contributed by atoms with Crippen LogP contribution in [0.3, 0.4) is 0 Å². The lowest BCUT2D eigenvalue weighted by molar-refractivity contribution is -0.0140. The van der Waals surface area contributed by atoms with Gasteiger partial charge in [0.2, 0.25) is 0 Å². The summed E-state index contributed by atoms with van der Waals surface area (Å²) in [6, 6.07) is 13.1. The third-order valence-electron chi connectivity index (χ3n) is 4.76. The minimum Gasteiger partial charge on any atom is -0.361 e. The average molecular weight is 340 g/mol. The lowest BCUT2D eigenvalue weighted by Gasteiger charge is -2.31. The maximum absolute atomic E-state index is 13.4. The maximum Gasteiger partial charge on any atom is 0.123 e. The van der Waals surface area contributed by atoms with E-state index >= 15 is 0 Å². The van der Waals surface area contributed by atoms with Gasteiger partial charge in [0.1, 0.15) is 11.4 Å². The van der Waals surface area contributed by atoms with Crippen molar-refractivity contribution in [3.63, 3.8) is 0 Å². The third-order valence-corrected chi connectivity index (χ3v) is 4.76. The molecule has 2 aromatic carbocycles. The standard InChI is InChI=1S/C21H25FN2O/c1-23-14-16-5-10-20-17(13-16)15-25-21(20,11-4-12-24(2)3)18-6-8-19(22)9-7-18/h5-10,13-14H,4,11-12,15H2,1-3H3/b23-14+. The molecular formula is C21H25FN2O. The first kappa shape index (κ1) is 17.8. The van der Waals surface area contributed by atoms with Crippen LogP contribution in [0.25, 0.3) is 0 Å². The van der Waals surface area contributed by atoms with E-state index < -0.39 is 5.60 Å². The quantitative estimate of drug-likeness (QED) is 0.743. The molecule has 0 bridgehead atoms. The van der Waals surface area contributed by atoms with Gasteiger partial charge in [-0.3, -0.25) is 4.99 Å². The summed E-state index contributed by atoms with van der Waals surface area (Å²) >= 11 is 0. The lowest BCUT2D eigenvalue weighted by Crippen LogP contribution is -2.28. The van der Waals surface area contributed by atoms with Crippen molar-refractivity contribution in [2.45, 2.75) is 25.0 Å². The van der Waals surface area contributed by atoms with Crippen molar-refractivity contribution in [3.05, 3.63) is 70.5 Å². The van der Waals surface area contributed by atoms with Crippen molar-refractivity contribution >= 4 is 6.21 Å². The summed E-state index contributed by atoms with van der Waals surface area (Å²) < 4.78 is 19.8. The molecule has 25 heavy (non-hydrogen) atoms. The van der Waals surface area contributed by atoms with Gasteiger partial charge >= 0.3 is 0 Å². The van der Waals surface area contributed by atoms with Crippen LogP contribution < -0.4 is 0 Å². The minimum absolute atomic E-state index is 0.222. The molecule has 3 rings (SSSR count). The number of aliphatic imine (C=N–C) groups is 1. The molecule has 0 saturated heterocycles. The third kappa shape index (κ3) is 3.65. The Balaban J connectivity index is 2.00. The molecule has 0 fully saturated rings.